The third kappa shape index (κ3) is 4.27. The first-order valence-electron chi connectivity index (χ1n) is 7.54. The number of amides is 1. The highest BCUT2D eigenvalue weighted by molar-refractivity contribution is 6.99. The van der Waals surface area contributed by atoms with Gasteiger partial charge < -0.3 is 5.32 Å². The molecule has 136 valence electrons. The quantitative estimate of drug-likeness (QED) is 0.507. The second-order valence-electron chi connectivity index (χ2n) is 5.41. The molecule has 10 nitrogen and oxygen atoms in total. The van der Waals surface area contributed by atoms with E-state index in [2.05, 4.69) is 14.1 Å². The number of carbonyl (C=O) groups excluding carboxylic acids is 1. The molecule has 0 saturated heterocycles. The van der Waals surface area contributed by atoms with Gasteiger partial charge in [0.2, 0.25) is 5.91 Å². The molecule has 3 rings (SSSR count). The fraction of sp³-hybridized carbons (Fsp3) is 0.0625. The molecule has 2 aromatic carbocycles. The Morgan fingerprint density at radius 1 is 0.926 bits per heavy atom. The summed E-state index contributed by atoms with van der Waals surface area (Å²) in [5.74, 6) is -0.111. The Kier molecular flexibility index (Phi) is 5.13. The molecule has 0 aliphatic heterocycles. The van der Waals surface area contributed by atoms with Crippen LogP contribution in [-0.2, 0) is 11.2 Å². The fourth-order valence-electron chi connectivity index (χ4n) is 2.30. The zero-order valence-electron chi connectivity index (χ0n) is 13.6. The molecule has 0 aliphatic rings. The second-order valence-corrected chi connectivity index (χ2v) is 5.94. The highest BCUT2D eigenvalue weighted by Gasteiger charge is 2.15. The average molecular weight is 385 g/mol. The van der Waals surface area contributed by atoms with Crippen molar-refractivity contribution in [2.24, 2.45) is 0 Å². The number of nitro groups is 2. The number of carbonyl (C=O) groups is 1. The van der Waals surface area contributed by atoms with Gasteiger partial charge in [-0.3, -0.25) is 25.0 Å². The largest absolute Gasteiger partial charge is 0.308 e. The van der Waals surface area contributed by atoms with Crippen LogP contribution in [0.3, 0.4) is 0 Å². The second kappa shape index (κ2) is 7.66. The monoisotopic (exact) mass is 385 g/mol. The maximum absolute atomic E-state index is 12.2. The summed E-state index contributed by atoms with van der Waals surface area (Å²) in [4.78, 5) is 32.6. The summed E-state index contributed by atoms with van der Waals surface area (Å²) < 4.78 is 8.17. The zero-order valence-corrected chi connectivity index (χ0v) is 14.4. The predicted molar refractivity (Wildman–Crippen MR) is 97.4 cm³/mol. The molecule has 1 amide bonds. The van der Waals surface area contributed by atoms with Crippen LogP contribution in [0.4, 0.5) is 17.2 Å². The van der Waals surface area contributed by atoms with Gasteiger partial charge in [0.05, 0.1) is 28.0 Å². The van der Waals surface area contributed by atoms with Gasteiger partial charge in [-0.15, -0.1) is 0 Å². The van der Waals surface area contributed by atoms with Crippen LogP contribution in [0.5, 0.6) is 0 Å². The molecule has 0 spiro atoms. The molecule has 1 N–H and O–H groups in total. The van der Waals surface area contributed by atoms with Crippen LogP contribution in [-0.4, -0.2) is 24.5 Å². The molecule has 27 heavy (non-hydrogen) atoms. The molecule has 0 fully saturated rings. The van der Waals surface area contributed by atoms with E-state index in [1.807, 2.05) is 0 Å². The summed E-state index contributed by atoms with van der Waals surface area (Å²) >= 11 is 0.901. The smallest absolute Gasteiger partial charge is 0.269 e. The SMILES string of the molecule is O=C(Cc1ccc([N+](=O)[O-])cc1)Nc1nsnc1-c1ccc([N+](=O)[O-])cc1. The molecule has 3 aromatic rings. The number of hydrogen-bond acceptors (Lipinski definition) is 8. The van der Waals surface area contributed by atoms with E-state index in [-0.39, 0.29) is 29.5 Å². The van der Waals surface area contributed by atoms with E-state index in [1.165, 1.54) is 48.5 Å². The molecule has 1 heterocycles. The van der Waals surface area contributed by atoms with Crippen LogP contribution in [0.1, 0.15) is 5.56 Å². The number of nitrogens with one attached hydrogen (secondary N) is 1. The van der Waals surface area contributed by atoms with E-state index in [1.54, 1.807) is 0 Å². The highest BCUT2D eigenvalue weighted by Crippen LogP contribution is 2.27. The molecular weight excluding hydrogens is 374 g/mol. The van der Waals surface area contributed by atoms with E-state index in [0.717, 1.165) is 11.7 Å². The van der Waals surface area contributed by atoms with Crippen LogP contribution >= 0.6 is 11.7 Å². The number of aromatic nitrogens is 2. The van der Waals surface area contributed by atoms with Gasteiger partial charge in [-0.25, -0.2) is 0 Å². The van der Waals surface area contributed by atoms with Crippen molar-refractivity contribution >= 4 is 34.8 Å². The maximum Gasteiger partial charge on any atom is 0.269 e. The minimum atomic E-state index is -0.513. The van der Waals surface area contributed by atoms with Gasteiger partial charge in [-0.2, -0.15) is 8.75 Å². The van der Waals surface area contributed by atoms with Gasteiger partial charge in [0, 0.05) is 29.8 Å². The Labute approximate surface area is 156 Å². The topological polar surface area (TPSA) is 141 Å². The molecule has 0 saturated carbocycles. The summed E-state index contributed by atoms with van der Waals surface area (Å²) in [6.07, 6.45) is 0.00915. The van der Waals surface area contributed by atoms with Crippen molar-refractivity contribution in [2.45, 2.75) is 6.42 Å². The molecular formula is C16H11N5O5S. The molecule has 0 atom stereocenters. The first-order valence-corrected chi connectivity index (χ1v) is 8.27. The lowest BCUT2D eigenvalue weighted by atomic mass is 10.1. The normalized spacial score (nSPS) is 10.4. The molecule has 11 heteroatoms. The predicted octanol–water partition coefficient (Wildman–Crippen LogP) is 3.20. The fourth-order valence-corrected chi connectivity index (χ4v) is 2.83. The van der Waals surface area contributed by atoms with Crippen LogP contribution in [0, 0.1) is 20.2 Å². The summed E-state index contributed by atoms with van der Waals surface area (Å²) in [5, 5.41) is 24.0. The van der Waals surface area contributed by atoms with E-state index in [4.69, 9.17) is 0 Å². The van der Waals surface area contributed by atoms with Crippen molar-refractivity contribution < 1.29 is 14.6 Å². The van der Waals surface area contributed by atoms with Crippen molar-refractivity contribution in [3.05, 3.63) is 74.3 Å². The average Bonchev–Trinajstić information content (AvgIpc) is 3.10. The third-order valence-electron chi connectivity index (χ3n) is 3.61. The Hall–Kier alpha value is -3.73. The minimum absolute atomic E-state index is 0.00915. The summed E-state index contributed by atoms with van der Waals surface area (Å²) in [7, 11) is 0. The van der Waals surface area contributed by atoms with Crippen molar-refractivity contribution in [2.75, 3.05) is 5.32 Å². The van der Waals surface area contributed by atoms with Crippen LogP contribution in [0.2, 0.25) is 0 Å². The number of nitrogens with zero attached hydrogens (tertiary/aromatic N) is 4. The maximum atomic E-state index is 12.2. The summed E-state index contributed by atoms with van der Waals surface area (Å²) in [5.41, 5.74) is 1.50. The first-order chi connectivity index (χ1) is 12.9. The Morgan fingerprint density at radius 2 is 1.48 bits per heavy atom. The van der Waals surface area contributed by atoms with Gasteiger partial charge in [0.15, 0.2) is 5.82 Å². The van der Waals surface area contributed by atoms with Crippen LogP contribution in [0.25, 0.3) is 11.3 Å². The third-order valence-corrected chi connectivity index (χ3v) is 4.14. The van der Waals surface area contributed by atoms with Gasteiger partial charge in [-0.05, 0) is 17.7 Å². The minimum Gasteiger partial charge on any atom is -0.308 e. The Bertz CT molecular complexity index is 1000. The lowest BCUT2D eigenvalue weighted by Crippen LogP contribution is -2.15. The molecule has 1 aromatic heterocycles. The molecule has 0 bridgehead atoms. The van der Waals surface area contributed by atoms with E-state index in [0.29, 0.717) is 16.8 Å². The summed E-state index contributed by atoms with van der Waals surface area (Å²) in [6, 6.07) is 11.4. The Morgan fingerprint density at radius 3 is 2.04 bits per heavy atom. The molecule has 0 aliphatic carbocycles. The van der Waals surface area contributed by atoms with Crippen molar-refractivity contribution in [3.63, 3.8) is 0 Å². The number of anilines is 1. The first kappa shape index (κ1) is 18.1. The molecule has 0 unspecified atom stereocenters. The number of nitro benzene ring substituents is 2. The standard InChI is InChI=1S/C16H11N5O5S/c22-14(9-10-1-5-12(6-2-10)20(23)24)17-16-15(18-27-19-16)11-3-7-13(8-4-11)21(25)26/h1-8H,9H2,(H,17,19,22). The van der Waals surface area contributed by atoms with Gasteiger partial charge >= 0.3 is 0 Å². The van der Waals surface area contributed by atoms with Crippen molar-refractivity contribution in [1.82, 2.24) is 8.75 Å². The van der Waals surface area contributed by atoms with E-state index < -0.39 is 9.85 Å². The van der Waals surface area contributed by atoms with Crippen LogP contribution in [0.15, 0.2) is 48.5 Å². The van der Waals surface area contributed by atoms with Crippen molar-refractivity contribution in [3.8, 4) is 11.3 Å². The highest BCUT2D eigenvalue weighted by atomic mass is 32.1. The number of rotatable bonds is 6. The lowest BCUT2D eigenvalue weighted by molar-refractivity contribution is -0.385. The molecule has 0 radical (unpaired) electrons. The number of non-ortho nitro benzene ring substituents is 2. The number of benzene rings is 2. The van der Waals surface area contributed by atoms with Gasteiger partial charge in [0.25, 0.3) is 11.4 Å². The summed E-state index contributed by atoms with van der Waals surface area (Å²) in [6.45, 7) is 0. The van der Waals surface area contributed by atoms with E-state index >= 15 is 0 Å². The Balaban J connectivity index is 1.71. The lowest BCUT2D eigenvalue weighted by Gasteiger charge is -2.05. The van der Waals surface area contributed by atoms with Crippen molar-refractivity contribution in [1.29, 1.82) is 0 Å². The van der Waals surface area contributed by atoms with Crippen LogP contribution < -0.4 is 5.32 Å². The zero-order chi connectivity index (χ0) is 19.4. The van der Waals surface area contributed by atoms with Gasteiger partial charge in [-0.1, -0.05) is 12.1 Å². The van der Waals surface area contributed by atoms with E-state index in [9.17, 15) is 25.0 Å². The number of hydrogen-bond donors (Lipinski definition) is 1. The van der Waals surface area contributed by atoms with Gasteiger partial charge in [0.1, 0.15) is 5.69 Å².